The van der Waals surface area contributed by atoms with Gasteiger partial charge in [0.2, 0.25) is 0 Å². The summed E-state index contributed by atoms with van der Waals surface area (Å²) in [6.45, 7) is 6.46. The molecule has 0 spiro atoms. The van der Waals surface area contributed by atoms with Crippen molar-refractivity contribution in [2.75, 3.05) is 13.6 Å². The van der Waals surface area contributed by atoms with Crippen molar-refractivity contribution in [3.8, 4) is 0 Å². The van der Waals surface area contributed by atoms with Crippen LogP contribution in [-0.2, 0) is 30.5 Å². The van der Waals surface area contributed by atoms with E-state index in [1.807, 2.05) is 0 Å². The fraction of sp³-hybridized carbons (Fsp3) is 0.571. The van der Waals surface area contributed by atoms with Crippen LogP contribution in [0.25, 0.3) is 0 Å². The number of fused-ring (bicyclic) bond motifs is 2. The predicted molar refractivity (Wildman–Crippen MR) is 132 cm³/mol. The summed E-state index contributed by atoms with van der Waals surface area (Å²) in [5.41, 5.74) is 4.32. The highest BCUT2D eigenvalue weighted by Gasteiger charge is 2.55. The third-order valence-corrected chi connectivity index (χ3v) is 8.32. The van der Waals surface area contributed by atoms with Gasteiger partial charge in [-0.1, -0.05) is 30.2 Å². The van der Waals surface area contributed by atoms with Gasteiger partial charge >= 0.3 is 12.1 Å². The van der Waals surface area contributed by atoms with E-state index < -0.39 is 23.1 Å². The molecule has 196 valence electrons. The second-order valence-corrected chi connectivity index (χ2v) is 10.7. The quantitative estimate of drug-likeness (QED) is 0.576. The molecule has 3 atom stereocenters. The zero-order chi connectivity index (χ0) is 26.1. The number of hydrogen-bond donors (Lipinski definition) is 2. The first kappa shape index (κ1) is 26.6. The van der Waals surface area contributed by atoms with Gasteiger partial charge in [-0.05, 0) is 75.3 Å². The van der Waals surface area contributed by atoms with Crippen LogP contribution in [0, 0.1) is 25.2 Å². The Balaban J connectivity index is 0.000000187. The standard InChI is InChI=1S/C19H27NO2.C9H9F3N2/c1-13-6-7-15(14(2)9-13)12-20(3)17-10-16-5-4-8-19(16,11-17)18(21)22;10-9(11,12)7-3-6-4-13-2-1-8(6)14-5-7/h6-7,9,16-17H,4-5,8,10-12H2,1-3H3,(H,21,22);3,5,13H,1-2,4H2. The van der Waals surface area contributed by atoms with Gasteiger partial charge in [0.15, 0.2) is 0 Å². The molecule has 2 heterocycles. The van der Waals surface area contributed by atoms with Crippen molar-refractivity contribution < 1.29 is 23.1 Å². The van der Waals surface area contributed by atoms with Crippen molar-refractivity contribution in [1.29, 1.82) is 0 Å². The molecule has 1 aromatic heterocycles. The molecule has 8 heteroatoms. The Morgan fingerprint density at radius 3 is 2.72 bits per heavy atom. The minimum Gasteiger partial charge on any atom is -0.481 e. The number of carboxylic acids is 1. The van der Waals surface area contributed by atoms with E-state index in [9.17, 15) is 23.1 Å². The van der Waals surface area contributed by atoms with E-state index in [0.717, 1.165) is 57.1 Å². The van der Waals surface area contributed by atoms with E-state index in [1.165, 1.54) is 22.8 Å². The molecule has 0 radical (unpaired) electrons. The highest BCUT2D eigenvalue weighted by atomic mass is 19.4. The Labute approximate surface area is 211 Å². The Morgan fingerprint density at radius 2 is 2.06 bits per heavy atom. The summed E-state index contributed by atoms with van der Waals surface area (Å²) in [5.74, 6) is -0.172. The van der Waals surface area contributed by atoms with Gasteiger partial charge in [0.25, 0.3) is 0 Å². The summed E-state index contributed by atoms with van der Waals surface area (Å²) in [6, 6.07) is 8.18. The largest absolute Gasteiger partial charge is 0.481 e. The molecule has 2 N–H and O–H groups in total. The minimum absolute atomic E-state index is 0.386. The first-order valence-corrected chi connectivity index (χ1v) is 12.7. The highest BCUT2D eigenvalue weighted by Crippen LogP contribution is 2.55. The summed E-state index contributed by atoms with van der Waals surface area (Å²) >= 11 is 0. The summed E-state index contributed by atoms with van der Waals surface area (Å²) in [4.78, 5) is 18.0. The third-order valence-electron chi connectivity index (χ3n) is 8.32. The molecule has 1 aromatic carbocycles. The molecule has 2 aliphatic carbocycles. The normalized spacial score (nSPS) is 25.2. The number of carbonyl (C=O) groups is 1. The molecule has 36 heavy (non-hydrogen) atoms. The Morgan fingerprint density at radius 1 is 1.28 bits per heavy atom. The Bertz CT molecular complexity index is 1100. The van der Waals surface area contributed by atoms with Gasteiger partial charge < -0.3 is 10.4 Å². The second-order valence-electron chi connectivity index (χ2n) is 10.7. The number of benzene rings is 1. The smallest absolute Gasteiger partial charge is 0.417 e. The van der Waals surface area contributed by atoms with Crippen molar-refractivity contribution in [2.24, 2.45) is 11.3 Å². The fourth-order valence-electron chi connectivity index (χ4n) is 6.22. The average molecular weight is 504 g/mol. The first-order chi connectivity index (χ1) is 17.0. The molecular formula is C28H36F3N3O2. The molecule has 0 saturated heterocycles. The summed E-state index contributed by atoms with van der Waals surface area (Å²) in [6.07, 6.45) is 2.25. The number of pyridine rings is 1. The van der Waals surface area contributed by atoms with Crippen molar-refractivity contribution in [3.63, 3.8) is 0 Å². The number of halogens is 3. The van der Waals surface area contributed by atoms with Crippen molar-refractivity contribution >= 4 is 5.97 Å². The second kappa shape index (κ2) is 10.5. The monoisotopic (exact) mass is 503 g/mol. The topological polar surface area (TPSA) is 65.5 Å². The third kappa shape index (κ3) is 5.59. The van der Waals surface area contributed by atoms with Crippen LogP contribution in [0.3, 0.4) is 0 Å². The minimum atomic E-state index is -4.29. The lowest BCUT2D eigenvalue weighted by Crippen LogP contribution is -2.34. The van der Waals surface area contributed by atoms with Gasteiger partial charge in [0.05, 0.1) is 11.0 Å². The first-order valence-electron chi connectivity index (χ1n) is 12.7. The molecular weight excluding hydrogens is 467 g/mol. The molecule has 0 bridgehead atoms. The van der Waals surface area contributed by atoms with Crippen molar-refractivity contribution in [2.45, 2.75) is 77.7 Å². The number of carboxylic acid groups (broad SMARTS) is 1. The van der Waals surface area contributed by atoms with Gasteiger partial charge in [-0.15, -0.1) is 0 Å². The molecule has 0 amide bonds. The van der Waals surface area contributed by atoms with Crippen molar-refractivity contribution in [1.82, 2.24) is 15.2 Å². The number of hydrogen-bond acceptors (Lipinski definition) is 4. The van der Waals surface area contributed by atoms with E-state index in [1.54, 1.807) is 0 Å². The number of rotatable bonds is 4. The van der Waals surface area contributed by atoms with E-state index in [-0.39, 0.29) is 0 Å². The van der Waals surface area contributed by atoms with Crippen LogP contribution in [0.4, 0.5) is 13.2 Å². The maximum atomic E-state index is 12.3. The highest BCUT2D eigenvalue weighted by molar-refractivity contribution is 5.76. The van der Waals surface area contributed by atoms with Crippen LogP contribution in [0.5, 0.6) is 0 Å². The van der Waals surface area contributed by atoms with Gasteiger partial charge in [-0.25, -0.2) is 0 Å². The molecule has 5 rings (SSSR count). The summed E-state index contributed by atoms with van der Waals surface area (Å²) in [7, 11) is 2.15. The zero-order valence-corrected chi connectivity index (χ0v) is 21.3. The van der Waals surface area contributed by atoms with E-state index in [2.05, 4.69) is 54.3 Å². The van der Waals surface area contributed by atoms with E-state index in [4.69, 9.17) is 0 Å². The molecule has 2 aromatic rings. The maximum Gasteiger partial charge on any atom is 0.417 e. The number of aromatic nitrogens is 1. The number of nitrogens with one attached hydrogen (secondary N) is 1. The molecule has 3 unspecified atom stereocenters. The zero-order valence-electron chi connectivity index (χ0n) is 21.3. The average Bonchev–Trinajstić information content (AvgIpc) is 3.40. The van der Waals surface area contributed by atoms with E-state index in [0.29, 0.717) is 30.5 Å². The van der Waals surface area contributed by atoms with Gasteiger partial charge in [-0.2, -0.15) is 13.2 Å². The molecule has 3 aliphatic rings. The lowest BCUT2D eigenvalue weighted by molar-refractivity contribution is -0.150. The number of aryl methyl sites for hydroxylation is 2. The lowest BCUT2D eigenvalue weighted by Gasteiger charge is -2.27. The van der Waals surface area contributed by atoms with Crippen LogP contribution in [0.2, 0.25) is 0 Å². The number of alkyl halides is 3. The van der Waals surface area contributed by atoms with Gasteiger partial charge in [0.1, 0.15) is 0 Å². The number of nitrogens with zero attached hydrogens (tertiary/aromatic N) is 2. The summed E-state index contributed by atoms with van der Waals surface area (Å²) < 4.78 is 36.9. The Hall–Kier alpha value is -2.45. The van der Waals surface area contributed by atoms with Crippen molar-refractivity contribution in [3.05, 3.63) is 64.0 Å². The SMILES string of the molecule is Cc1ccc(CN(C)C2CC3CCCC3(C(=O)O)C2)c(C)c1.FC(F)(F)c1cnc2c(c1)CNCC2. The maximum absolute atomic E-state index is 12.3. The van der Waals surface area contributed by atoms with Gasteiger partial charge in [0, 0.05) is 44.0 Å². The molecule has 2 saturated carbocycles. The fourth-order valence-corrected chi connectivity index (χ4v) is 6.22. The lowest BCUT2D eigenvalue weighted by atomic mass is 9.80. The number of aliphatic carboxylic acids is 1. The molecule has 2 fully saturated rings. The van der Waals surface area contributed by atoms with Crippen LogP contribution < -0.4 is 5.32 Å². The van der Waals surface area contributed by atoms with Crippen LogP contribution in [-0.4, -0.2) is 40.6 Å². The Kier molecular flexibility index (Phi) is 7.76. The molecule has 1 aliphatic heterocycles. The van der Waals surface area contributed by atoms with Crippen LogP contribution >= 0.6 is 0 Å². The molecule has 5 nitrogen and oxygen atoms in total. The van der Waals surface area contributed by atoms with Gasteiger partial charge in [-0.3, -0.25) is 14.7 Å². The van der Waals surface area contributed by atoms with Crippen LogP contribution in [0.15, 0.2) is 30.5 Å². The summed E-state index contributed by atoms with van der Waals surface area (Å²) in [5, 5.41) is 12.7. The predicted octanol–water partition coefficient (Wildman–Crippen LogP) is 5.51. The van der Waals surface area contributed by atoms with Crippen LogP contribution in [0.1, 0.15) is 65.6 Å². The van der Waals surface area contributed by atoms with E-state index >= 15 is 0 Å².